The van der Waals surface area contributed by atoms with Gasteiger partial charge >= 0.3 is 0 Å². The van der Waals surface area contributed by atoms with E-state index >= 15 is 0 Å². The number of nitrogens with one attached hydrogen (secondary N) is 1. The standard InChI is InChI=1S/C22H25FN2O5S/c1-15-5-6-19(14-20(15)23)31(27,28)24-18-4-2-3-17(13-18)21(26)25-9-7-16(8-10-25)22-29-11-12-30-22/h2-6,13-14,16,22,24H,7-12H2,1H3. The Balaban J connectivity index is 1.43. The Morgan fingerprint density at radius 1 is 1.10 bits per heavy atom. The van der Waals surface area contributed by atoms with Crippen LogP contribution in [0.15, 0.2) is 47.4 Å². The highest BCUT2D eigenvalue weighted by Crippen LogP contribution is 2.27. The zero-order chi connectivity index (χ0) is 22.0. The van der Waals surface area contributed by atoms with Crippen LogP contribution in [0.3, 0.4) is 0 Å². The zero-order valence-electron chi connectivity index (χ0n) is 17.2. The first-order valence-electron chi connectivity index (χ1n) is 10.2. The minimum atomic E-state index is -3.98. The van der Waals surface area contributed by atoms with Crippen molar-refractivity contribution < 1.29 is 27.1 Å². The summed E-state index contributed by atoms with van der Waals surface area (Å²) >= 11 is 0. The minimum absolute atomic E-state index is 0.158. The SMILES string of the molecule is Cc1ccc(S(=O)(=O)Nc2cccc(C(=O)N3CCC(C4OCCO4)CC3)c2)cc1F. The fourth-order valence-electron chi connectivity index (χ4n) is 3.88. The van der Waals surface area contributed by atoms with Gasteiger partial charge in [-0.3, -0.25) is 9.52 Å². The summed E-state index contributed by atoms with van der Waals surface area (Å²) in [6, 6.07) is 10.1. The maximum absolute atomic E-state index is 13.8. The molecule has 7 nitrogen and oxygen atoms in total. The van der Waals surface area contributed by atoms with Gasteiger partial charge in [-0.25, -0.2) is 12.8 Å². The van der Waals surface area contributed by atoms with E-state index in [0.29, 0.717) is 37.4 Å². The van der Waals surface area contributed by atoms with E-state index in [4.69, 9.17) is 9.47 Å². The molecule has 2 aromatic carbocycles. The maximum Gasteiger partial charge on any atom is 0.261 e. The molecule has 9 heteroatoms. The summed E-state index contributed by atoms with van der Waals surface area (Å²) in [7, 11) is -3.98. The van der Waals surface area contributed by atoms with E-state index in [9.17, 15) is 17.6 Å². The number of likely N-dealkylation sites (tertiary alicyclic amines) is 1. The van der Waals surface area contributed by atoms with E-state index in [-0.39, 0.29) is 28.7 Å². The zero-order valence-corrected chi connectivity index (χ0v) is 18.0. The van der Waals surface area contributed by atoms with E-state index < -0.39 is 15.8 Å². The lowest BCUT2D eigenvalue weighted by Crippen LogP contribution is -2.41. The average molecular weight is 449 g/mol. The van der Waals surface area contributed by atoms with Gasteiger partial charge < -0.3 is 14.4 Å². The number of halogens is 1. The van der Waals surface area contributed by atoms with Crippen LogP contribution in [0.5, 0.6) is 0 Å². The van der Waals surface area contributed by atoms with Crippen LogP contribution in [0.4, 0.5) is 10.1 Å². The molecule has 4 rings (SSSR count). The molecule has 1 amide bonds. The van der Waals surface area contributed by atoms with Crippen molar-refractivity contribution in [2.24, 2.45) is 5.92 Å². The van der Waals surface area contributed by atoms with Gasteiger partial charge in [-0.05, 0) is 55.7 Å². The molecule has 0 aromatic heterocycles. The number of carbonyl (C=O) groups excluding carboxylic acids is 1. The van der Waals surface area contributed by atoms with Gasteiger partial charge in [-0.1, -0.05) is 12.1 Å². The van der Waals surface area contributed by atoms with Crippen molar-refractivity contribution in [1.82, 2.24) is 4.90 Å². The van der Waals surface area contributed by atoms with Crippen LogP contribution in [0, 0.1) is 18.7 Å². The van der Waals surface area contributed by atoms with Crippen LogP contribution in [0.25, 0.3) is 0 Å². The van der Waals surface area contributed by atoms with Crippen molar-refractivity contribution in [3.63, 3.8) is 0 Å². The lowest BCUT2D eigenvalue weighted by atomic mass is 9.95. The van der Waals surface area contributed by atoms with Gasteiger partial charge in [0, 0.05) is 30.3 Å². The van der Waals surface area contributed by atoms with Crippen LogP contribution in [-0.4, -0.2) is 51.8 Å². The molecule has 2 aliphatic heterocycles. The van der Waals surface area contributed by atoms with Crippen LogP contribution >= 0.6 is 0 Å². The molecule has 0 atom stereocenters. The summed E-state index contributed by atoms with van der Waals surface area (Å²) < 4.78 is 52.6. The second kappa shape index (κ2) is 8.94. The smallest absolute Gasteiger partial charge is 0.261 e. The van der Waals surface area contributed by atoms with Crippen molar-refractivity contribution in [3.05, 3.63) is 59.4 Å². The normalized spacial score (nSPS) is 18.3. The molecule has 2 saturated heterocycles. The Hall–Kier alpha value is -2.49. The molecule has 2 aromatic rings. The first-order chi connectivity index (χ1) is 14.8. The van der Waals surface area contributed by atoms with E-state index in [1.807, 2.05) is 0 Å². The van der Waals surface area contributed by atoms with E-state index in [2.05, 4.69) is 4.72 Å². The highest BCUT2D eigenvalue weighted by Gasteiger charge is 2.32. The van der Waals surface area contributed by atoms with Crippen molar-refractivity contribution in [3.8, 4) is 0 Å². The number of aryl methyl sites for hydroxylation is 1. The van der Waals surface area contributed by atoms with Crippen LogP contribution in [-0.2, 0) is 19.5 Å². The predicted octanol–water partition coefficient (Wildman–Crippen LogP) is 3.16. The molecule has 0 aliphatic carbocycles. The van der Waals surface area contributed by atoms with Crippen molar-refractivity contribution in [2.75, 3.05) is 31.0 Å². The number of benzene rings is 2. The summed E-state index contributed by atoms with van der Waals surface area (Å²) in [4.78, 5) is 14.5. The predicted molar refractivity (Wildman–Crippen MR) is 113 cm³/mol. The fraction of sp³-hybridized carbons (Fsp3) is 0.409. The van der Waals surface area contributed by atoms with Gasteiger partial charge in [0.2, 0.25) is 0 Å². The molecule has 2 heterocycles. The third kappa shape index (κ3) is 4.89. The Kier molecular flexibility index (Phi) is 6.27. The third-order valence-electron chi connectivity index (χ3n) is 5.67. The van der Waals surface area contributed by atoms with Gasteiger partial charge in [-0.2, -0.15) is 0 Å². The van der Waals surface area contributed by atoms with Gasteiger partial charge in [0.25, 0.3) is 15.9 Å². The Morgan fingerprint density at radius 2 is 1.81 bits per heavy atom. The molecule has 2 fully saturated rings. The number of anilines is 1. The quantitative estimate of drug-likeness (QED) is 0.760. The highest BCUT2D eigenvalue weighted by molar-refractivity contribution is 7.92. The van der Waals surface area contributed by atoms with Gasteiger partial charge in [-0.15, -0.1) is 0 Å². The number of carbonyl (C=O) groups is 1. The number of amides is 1. The van der Waals surface area contributed by atoms with Gasteiger partial charge in [0.15, 0.2) is 6.29 Å². The molecule has 166 valence electrons. The number of ether oxygens (including phenoxy) is 2. The van der Waals surface area contributed by atoms with Crippen molar-refractivity contribution >= 4 is 21.6 Å². The lowest BCUT2D eigenvalue weighted by Gasteiger charge is -2.34. The Labute approximate surface area is 181 Å². The average Bonchev–Trinajstić information content (AvgIpc) is 3.30. The summed E-state index contributed by atoms with van der Waals surface area (Å²) in [5.41, 5.74) is 0.998. The molecule has 31 heavy (non-hydrogen) atoms. The monoisotopic (exact) mass is 448 g/mol. The number of hydrogen-bond acceptors (Lipinski definition) is 5. The molecule has 0 saturated carbocycles. The molecular weight excluding hydrogens is 423 g/mol. The summed E-state index contributed by atoms with van der Waals surface area (Å²) in [6.45, 7) is 3.96. The summed E-state index contributed by atoms with van der Waals surface area (Å²) in [5, 5.41) is 0. The second-order valence-electron chi connectivity index (χ2n) is 7.84. The molecule has 2 aliphatic rings. The molecule has 0 bridgehead atoms. The van der Waals surface area contributed by atoms with Crippen LogP contribution in [0.1, 0.15) is 28.8 Å². The largest absolute Gasteiger partial charge is 0.350 e. The fourth-order valence-corrected chi connectivity index (χ4v) is 4.94. The molecule has 0 spiro atoms. The number of hydrogen-bond donors (Lipinski definition) is 1. The molecular formula is C22H25FN2O5S. The number of piperidine rings is 1. The molecule has 0 unspecified atom stereocenters. The topological polar surface area (TPSA) is 84.9 Å². The summed E-state index contributed by atoms with van der Waals surface area (Å²) in [5.74, 6) is -0.475. The molecule has 1 N–H and O–H groups in total. The molecule has 0 radical (unpaired) electrons. The van der Waals surface area contributed by atoms with Crippen molar-refractivity contribution in [2.45, 2.75) is 31.0 Å². The summed E-state index contributed by atoms with van der Waals surface area (Å²) in [6.07, 6.45) is 1.41. The highest BCUT2D eigenvalue weighted by atomic mass is 32.2. The van der Waals surface area contributed by atoms with Crippen LogP contribution in [0.2, 0.25) is 0 Å². The Bertz CT molecular complexity index is 1060. The van der Waals surface area contributed by atoms with Gasteiger partial charge in [0.1, 0.15) is 5.82 Å². The Morgan fingerprint density at radius 3 is 2.48 bits per heavy atom. The number of sulfonamides is 1. The second-order valence-corrected chi connectivity index (χ2v) is 9.52. The van der Waals surface area contributed by atoms with Gasteiger partial charge in [0.05, 0.1) is 18.1 Å². The van der Waals surface area contributed by atoms with Crippen molar-refractivity contribution in [1.29, 1.82) is 0 Å². The van der Waals surface area contributed by atoms with E-state index in [1.165, 1.54) is 18.2 Å². The number of rotatable bonds is 5. The van der Waals surface area contributed by atoms with Crippen LogP contribution < -0.4 is 4.72 Å². The minimum Gasteiger partial charge on any atom is -0.350 e. The first kappa shape index (κ1) is 21.7. The third-order valence-corrected chi connectivity index (χ3v) is 7.05. The van der Waals surface area contributed by atoms with E-state index in [1.54, 1.807) is 30.0 Å². The maximum atomic E-state index is 13.8. The first-order valence-corrected chi connectivity index (χ1v) is 11.7. The van der Waals surface area contributed by atoms with E-state index in [0.717, 1.165) is 18.9 Å². The lowest BCUT2D eigenvalue weighted by molar-refractivity contribution is -0.0956. The number of nitrogens with zero attached hydrogens (tertiary/aromatic N) is 1.